The van der Waals surface area contributed by atoms with Crippen molar-refractivity contribution in [1.29, 1.82) is 0 Å². The van der Waals surface area contributed by atoms with Gasteiger partial charge in [0.15, 0.2) is 0 Å². The van der Waals surface area contributed by atoms with E-state index in [4.69, 9.17) is 9.47 Å². The van der Waals surface area contributed by atoms with Crippen molar-refractivity contribution in [2.24, 2.45) is 5.41 Å². The first kappa shape index (κ1) is 18.7. The fraction of sp³-hybridized carbons (Fsp3) is 0.526. The fourth-order valence-electron chi connectivity index (χ4n) is 2.67. The lowest BCUT2D eigenvalue weighted by Gasteiger charge is -2.23. The third kappa shape index (κ3) is 4.07. The molecule has 0 saturated carbocycles. The molecule has 4 nitrogen and oxygen atoms in total. The van der Waals surface area contributed by atoms with E-state index in [1.165, 1.54) is 12.0 Å². The second kappa shape index (κ2) is 6.71. The van der Waals surface area contributed by atoms with Gasteiger partial charge in [0, 0.05) is 33.2 Å². The Bertz CT molecular complexity index is 741. The van der Waals surface area contributed by atoms with Gasteiger partial charge in [-0.2, -0.15) is 0 Å². The number of ether oxygens (including phenoxy) is 2. The Hall–Kier alpha value is -1.62. The van der Waals surface area contributed by atoms with E-state index in [1.54, 1.807) is 7.11 Å². The largest absolute Gasteiger partial charge is 0.497 e. The van der Waals surface area contributed by atoms with Gasteiger partial charge in [0.1, 0.15) is 5.75 Å². The first-order chi connectivity index (χ1) is 11.1. The maximum atomic E-state index is 12.1. The van der Waals surface area contributed by atoms with Crippen molar-refractivity contribution in [2.45, 2.75) is 50.7 Å². The van der Waals surface area contributed by atoms with Crippen LogP contribution in [-0.4, -0.2) is 29.9 Å². The highest BCUT2D eigenvalue weighted by atomic mass is 32.2. The van der Waals surface area contributed by atoms with Crippen molar-refractivity contribution in [2.75, 3.05) is 14.2 Å². The number of nitrogens with one attached hydrogen (secondary N) is 1. The molecule has 1 aromatic heterocycles. The Labute approximate surface area is 148 Å². The minimum Gasteiger partial charge on any atom is -0.497 e. The van der Waals surface area contributed by atoms with E-state index >= 15 is 0 Å². The van der Waals surface area contributed by atoms with Crippen molar-refractivity contribution < 1.29 is 14.3 Å². The fourth-order valence-corrected chi connectivity index (χ4v) is 3.82. The number of esters is 1. The van der Waals surface area contributed by atoms with Crippen LogP contribution in [0.15, 0.2) is 23.1 Å². The number of carbonyl (C=O) groups excluding carboxylic acids is 1. The van der Waals surface area contributed by atoms with E-state index in [-0.39, 0.29) is 10.7 Å². The van der Waals surface area contributed by atoms with Crippen molar-refractivity contribution in [3.63, 3.8) is 0 Å². The Balaban J connectivity index is 2.54. The molecule has 1 N–H and O–H groups in total. The lowest BCUT2D eigenvalue weighted by Crippen LogP contribution is -2.28. The molecule has 5 heteroatoms. The summed E-state index contributed by atoms with van der Waals surface area (Å²) >= 11 is 1.81. The predicted molar refractivity (Wildman–Crippen MR) is 100.0 cm³/mol. The Morgan fingerprint density at radius 3 is 2.38 bits per heavy atom. The first-order valence-electron chi connectivity index (χ1n) is 8.03. The lowest BCUT2D eigenvalue weighted by molar-refractivity contribution is -0.150. The summed E-state index contributed by atoms with van der Waals surface area (Å²) in [6.07, 6.45) is 0.592. The summed E-state index contributed by atoms with van der Waals surface area (Å²) in [5, 5.41) is 1.16. The van der Waals surface area contributed by atoms with Gasteiger partial charge in [0.25, 0.3) is 0 Å². The minimum absolute atomic E-state index is 0.0687. The zero-order valence-corrected chi connectivity index (χ0v) is 16.4. The molecule has 0 amide bonds. The summed E-state index contributed by atoms with van der Waals surface area (Å²) in [7, 11) is 3.10. The van der Waals surface area contributed by atoms with Crippen LogP contribution in [0.2, 0.25) is 0 Å². The first-order valence-corrected chi connectivity index (χ1v) is 8.85. The lowest BCUT2D eigenvalue weighted by atomic mass is 9.88. The molecule has 132 valence electrons. The molecule has 0 aliphatic rings. The number of carbonyl (C=O) groups is 1. The number of thioether (sulfide) groups is 1. The normalized spacial score (nSPS) is 12.5. The monoisotopic (exact) mass is 349 g/mol. The molecule has 0 unspecified atom stereocenters. The number of fused-ring (bicyclic) bond motifs is 1. The average Bonchev–Trinajstić information content (AvgIpc) is 2.80. The van der Waals surface area contributed by atoms with Gasteiger partial charge in [0.05, 0.1) is 25.2 Å². The van der Waals surface area contributed by atoms with Gasteiger partial charge < -0.3 is 14.5 Å². The number of hydrogen-bond donors (Lipinski definition) is 1. The number of methoxy groups -OCH3 is 2. The van der Waals surface area contributed by atoms with Crippen LogP contribution >= 0.6 is 11.8 Å². The van der Waals surface area contributed by atoms with Gasteiger partial charge in [0.2, 0.25) is 0 Å². The van der Waals surface area contributed by atoms with Crippen molar-refractivity contribution >= 4 is 28.6 Å². The van der Waals surface area contributed by atoms with Crippen LogP contribution in [0.3, 0.4) is 0 Å². The molecule has 0 radical (unpaired) electrons. The van der Waals surface area contributed by atoms with Crippen LogP contribution in [-0.2, 0) is 16.0 Å². The van der Waals surface area contributed by atoms with Gasteiger partial charge in [-0.15, -0.1) is 11.8 Å². The van der Waals surface area contributed by atoms with Crippen molar-refractivity contribution in [1.82, 2.24) is 4.98 Å². The third-order valence-corrected chi connectivity index (χ3v) is 5.08. The molecule has 0 aliphatic heterocycles. The van der Waals surface area contributed by atoms with Crippen LogP contribution in [0.25, 0.3) is 10.9 Å². The Morgan fingerprint density at radius 1 is 1.17 bits per heavy atom. The number of rotatable bonds is 5. The van der Waals surface area contributed by atoms with E-state index in [1.807, 2.05) is 37.7 Å². The van der Waals surface area contributed by atoms with Gasteiger partial charge >= 0.3 is 5.97 Å². The van der Waals surface area contributed by atoms with E-state index in [0.29, 0.717) is 6.42 Å². The van der Waals surface area contributed by atoms with Crippen molar-refractivity contribution in [3.8, 4) is 5.75 Å². The molecule has 0 saturated heterocycles. The van der Waals surface area contributed by atoms with Crippen LogP contribution in [0, 0.1) is 5.41 Å². The van der Waals surface area contributed by atoms with Gasteiger partial charge in [-0.05, 0) is 26.0 Å². The zero-order valence-electron chi connectivity index (χ0n) is 15.6. The van der Waals surface area contributed by atoms with E-state index in [0.717, 1.165) is 22.3 Å². The van der Waals surface area contributed by atoms with Crippen LogP contribution < -0.4 is 4.74 Å². The molecular weight excluding hydrogens is 322 g/mol. The summed E-state index contributed by atoms with van der Waals surface area (Å²) < 4.78 is 10.4. The Kier molecular flexibility index (Phi) is 5.23. The summed E-state index contributed by atoms with van der Waals surface area (Å²) in [6, 6.07) is 6.04. The topological polar surface area (TPSA) is 51.3 Å². The summed E-state index contributed by atoms with van der Waals surface area (Å²) in [5.74, 6) is 0.611. The van der Waals surface area contributed by atoms with E-state index < -0.39 is 5.41 Å². The molecule has 0 atom stereocenters. The number of aromatic amines is 1. The van der Waals surface area contributed by atoms with Crippen LogP contribution in [0.4, 0.5) is 0 Å². The smallest absolute Gasteiger partial charge is 0.311 e. The third-order valence-electron chi connectivity index (χ3n) is 3.80. The summed E-state index contributed by atoms with van der Waals surface area (Å²) in [4.78, 5) is 16.8. The summed E-state index contributed by atoms with van der Waals surface area (Å²) in [6.45, 7) is 10.4. The van der Waals surface area contributed by atoms with Gasteiger partial charge in [-0.1, -0.05) is 20.8 Å². The molecule has 1 heterocycles. The molecular formula is C19H27NO3S. The number of H-pyrrole nitrogens is 1. The van der Waals surface area contributed by atoms with Crippen LogP contribution in [0.5, 0.6) is 5.75 Å². The highest BCUT2D eigenvalue weighted by molar-refractivity contribution is 8.00. The molecule has 0 aliphatic carbocycles. The van der Waals surface area contributed by atoms with E-state index in [9.17, 15) is 4.79 Å². The zero-order chi connectivity index (χ0) is 18.1. The molecule has 0 spiro atoms. The van der Waals surface area contributed by atoms with Gasteiger partial charge in [-0.3, -0.25) is 4.79 Å². The van der Waals surface area contributed by atoms with Crippen LogP contribution in [0.1, 0.15) is 40.3 Å². The quantitative estimate of drug-likeness (QED) is 0.622. The van der Waals surface area contributed by atoms with E-state index in [2.05, 4.69) is 31.8 Å². The highest BCUT2D eigenvalue weighted by Crippen LogP contribution is 2.42. The number of benzene rings is 1. The molecule has 2 aromatic rings. The maximum Gasteiger partial charge on any atom is 0.311 e. The molecule has 0 fully saturated rings. The van der Waals surface area contributed by atoms with Crippen molar-refractivity contribution in [3.05, 3.63) is 23.9 Å². The van der Waals surface area contributed by atoms with Gasteiger partial charge in [-0.25, -0.2) is 0 Å². The predicted octanol–water partition coefficient (Wildman–Crippen LogP) is 4.81. The highest BCUT2D eigenvalue weighted by Gasteiger charge is 2.32. The second-order valence-corrected chi connectivity index (χ2v) is 9.45. The summed E-state index contributed by atoms with van der Waals surface area (Å²) in [5.41, 5.74) is 1.50. The Morgan fingerprint density at radius 2 is 1.83 bits per heavy atom. The standard InChI is InChI=1S/C19H27NO3S/c1-18(2,3)24-16-13-9-8-12(22-6)10-14(13)20-15(16)11-19(4,5)17(21)23-7/h8-10,20H,11H2,1-7H3. The minimum atomic E-state index is -0.590. The maximum absolute atomic E-state index is 12.1. The number of hydrogen-bond acceptors (Lipinski definition) is 4. The molecule has 1 aromatic carbocycles. The average molecular weight is 349 g/mol. The number of aromatic nitrogens is 1. The molecule has 2 rings (SSSR count). The molecule has 24 heavy (non-hydrogen) atoms. The second-order valence-electron chi connectivity index (χ2n) is 7.61. The SMILES string of the molecule is COC(=O)C(C)(C)Cc1[nH]c2cc(OC)ccc2c1SC(C)(C)C. The molecule has 0 bridgehead atoms.